The van der Waals surface area contributed by atoms with Gasteiger partial charge in [-0.1, -0.05) is 18.2 Å². The van der Waals surface area contributed by atoms with Gasteiger partial charge in [0.25, 0.3) is 5.69 Å². The summed E-state index contributed by atoms with van der Waals surface area (Å²) in [4.78, 5) is 16.1. The van der Waals surface area contributed by atoms with Crippen molar-refractivity contribution in [1.82, 2.24) is 9.24 Å². The van der Waals surface area contributed by atoms with E-state index in [0.29, 0.717) is 16.9 Å². The van der Waals surface area contributed by atoms with E-state index in [1.807, 2.05) is 17.7 Å². The molecule has 0 aliphatic carbocycles. The van der Waals surface area contributed by atoms with Gasteiger partial charge in [0.1, 0.15) is 0 Å². The van der Waals surface area contributed by atoms with Gasteiger partial charge in [-0.2, -0.15) is 5.10 Å². The van der Waals surface area contributed by atoms with E-state index in [2.05, 4.69) is 82.9 Å². The molecular formula is C25H22IN5O2S. The lowest BCUT2D eigenvalue weighted by atomic mass is 10.1. The minimum absolute atomic E-state index is 0.0323. The fourth-order valence-corrected chi connectivity index (χ4v) is 4.87. The number of nitrogens with zero attached hydrogens (tertiary/aromatic N) is 5. The van der Waals surface area contributed by atoms with Crippen molar-refractivity contribution in [3.05, 3.63) is 108 Å². The van der Waals surface area contributed by atoms with Gasteiger partial charge >= 0.3 is 0 Å². The second-order valence-electron chi connectivity index (χ2n) is 7.53. The van der Waals surface area contributed by atoms with Crippen molar-refractivity contribution < 1.29 is 4.92 Å². The number of non-ortho nitro benzene ring substituents is 1. The van der Waals surface area contributed by atoms with Gasteiger partial charge in [-0.05, 0) is 66.8 Å². The second kappa shape index (κ2) is 10.3. The van der Waals surface area contributed by atoms with Crippen molar-refractivity contribution in [3.63, 3.8) is 0 Å². The third-order valence-electron chi connectivity index (χ3n) is 5.26. The average Bonchev–Trinajstić information content (AvgIpc) is 3.36. The summed E-state index contributed by atoms with van der Waals surface area (Å²) in [5, 5.41) is 17.9. The van der Waals surface area contributed by atoms with Crippen LogP contribution >= 0.6 is 33.9 Å². The highest BCUT2D eigenvalue weighted by Gasteiger charge is 2.13. The molecule has 34 heavy (non-hydrogen) atoms. The maximum absolute atomic E-state index is 11.3. The number of hydrogen-bond acceptors (Lipinski definition) is 5. The molecule has 0 atom stereocenters. The van der Waals surface area contributed by atoms with Crippen molar-refractivity contribution in [2.75, 3.05) is 6.54 Å². The van der Waals surface area contributed by atoms with Crippen LogP contribution in [0.3, 0.4) is 0 Å². The van der Waals surface area contributed by atoms with Crippen LogP contribution in [0.5, 0.6) is 0 Å². The van der Waals surface area contributed by atoms with E-state index < -0.39 is 4.92 Å². The highest BCUT2D eigenvalue weighted by Crippen LogP contribution is 2.25. The lowest BCUT2D eigenvalue weighted by Crippen LogP contribution is -2.12. The van der Waals surface area contributed by atoms with E-state index in [1.165, 1.54) is 21.0 Å². The van der Waals surface area contributed by atoms with Crippen molar-refractivity contribution >= 4 is 45.8 Å². The van der Waals surface area contributed by atoms with E-state index in [1.54, 1.807) is 22.9 Å². The van der Waals surface area contributed by atoms with Crippen molar-refractivity contribution in [1.29, 1.82) is 0 Å². The molecule has 0 amide bonds. The van der Waals surface area contributed by atoms with E-state index in [9.17, 15) is 10.1 Å². The Morgan fingerprint density at radius 1 is 1.18 bits per heavy atom. The number of nitro benzene ring substituents is 1. The smallest absolute Gasteiger partial charge is 0.270 e. The number of aryl methyl sites for hydroxylation is 1. The van der Waals surface area contributed by atoms with Gasteiger partial charge in [-0.15, -0.1) is 17.9 Å². The van der Waals surface area contributed by atoms with Gasteiger partial charge in [-0.25, -0.2) is 4.68 Å². The Morgan fingerprint density at radius 3 is 2.65 bits per heavy atom. The third-order valence-corrected chi connectivity index (χ3v) is 6.83. The molecule has 0 saturated carbocycles. The Labute approximate surface area is 214 Å². The third kappa shape index (κ3) is 4.95. The highest BCUT2D eigenvalue weighted by atomic mass is 127. The molecule has 0 bridgehead atoms. The zero-order valence-corrected chi connectivity index (χ0v) is 21.7. The Balaban J connectivity index is 1.79. The molecule has 0 aliphatic heterocycles. The first-order valence-corrected chi connectivity index (χ1v) is 12.4. The molecule has 2 heterocycles. The summed E-state index contributed by atoms with van der Waals surface area (Å²) in [5.74, 6) is 0. The summed E-state index contributed by atoms with van der Waals surface area (Å²) in [6.07, 6.45) is 3.53. The van der Waals surface area contributed by atoms with E-state index in [0.717, 1.165) is 28.3 Å². The van der Waals surface area contributed by atoms with Gasteiger partial charge in [0, 0.05) is 49.3 Å². The zero-order chi connectivity index (χ0) is 24.2. The molecule has 0 unspecified atom stereocenters. The lowest BCUT2D eigenvalue weighted by Gasteiger charge is -2.09. The molecular weight excluding hydrogens is 561 g/mol. The summed E-state index contributed by atoms with van der Waals surface area (Å²) in [6.45, 7) is 8.32. The summed E-state index contributed by atoms with van der Waals surface area (Å²) in [7, 11) is 0. The van der Waals surface area contributed by atoms with Crippen LogP contribution in [0.4, 0.5) is 5.69 Å². The second-order valence-corrected chi connectivity index (χ2v) is 9.62. The molecule has 0 N–H and O–H groups in total. The van der Waals surface area contributed by atoms with Crippen molar-refractivity contribution in [3.8, 4) is 16.9 Å². The summed E-state index contributed by atoms with van der Waals surface area (Å²) >= 11 is 3.73. The van der Waals surface area contributed by atoms with Crippen molar-refractivity contribution in [2.45, 2.75) is 13.8 Å². The number of thiazole rings is 1. The quantitative estimate of drug-likeness (QED) is 0.0866. The molecule has 2 aromatic heterocycles. The highest BCUT2D eigenvalue weighted by molar-refractivity contribution is 14.1. The predicted molar refractivity (Wildman–Crippen MR) is 146 cm³/mol. The van der Waals surface area contributed by atoms with Gasteiger partial charge < -0.3 is 4.57 Å². The van der Waals surface area contributed by atoms with Gasteiger partial charge in [0.15, 0.2) is 0 Å². The molecule has 0 saturated heterocycles. The van der Waals surface area contributed by atoms with Crippen LogP contribution in [-0.4, -0.2) is 26.9 Å². The fraction of sp³-hybridized carbons (Fsp3) is 0.120. The van der Waals surface area contributed by atoms with Gasteiger partial charge in [0.2, 0.25) is 4.80 Å². The largest absolute Gasteiger partial charge is 0.318 e. The molecule has 4 rings (SSSR count). The molecule has 0 radical (unpaired) electrons. The normalized spacial score (nSPS) is 11.9. The van der Waals surface area contributed by atoms with Crippen LogP contribution in [0.2, 0.25) is 0 Å². The minimum Gasteiger partial charge on any atom is -0.318 e. The first-order valence-electron chi connectivity index (χ1n) is 10.4. The summed E-state index contributed by atoms with van der Waals surface area (Å²) in [5.41, 5.74) is 5.72. The standard InChI is InChI=1S/C25H22IN5O2S/c1-4-12-27-25-30(24(16-34-25)19-6-5-7-23(14-19)31(32)33)28-15-20-13-17(2)29(18(20)3)22-10-8-21(26)9-11-22/h4-11,13-16H,1,12H2,2-3H3. The van der Waals surface area contributed by atoms with E-state index >= 15 is 0 Å². The van der Waals surface area contributed by atoms with Crippen LogP contribution in [-0.2, 0) is 0 Å². The Hall–Kier alpha value is -3.31. The Kier molecular flexibility index (Phi) is 7.23. The van der Waals surface area contributed by atoms with Crippen molar-refractivity contribution in [2.24, 2.45) is 10.1 Å². The number of halogens is 1. The number of rotatable bonds is 7. The lowest BCUT2D eigenvalue weighted by molar-refractivity contribution is -0.384. The number of benzene rings is 2. The number of nitro groups is 1. The fourth-order valence-electron chi connectivity index (χ4n) is 3.66. The van der Waals surface area contributed by atoms with Crippen LogP contribution in [0.25, 0.3) is 16.9 Å². The maximum atomic E-state index is 11.3. The molecule has 2 aromatic carbocycles. The number of aromatic nitrogens is 2. The van der Waals surface area contributed by atoms with Crippen LogP contribution in [0.1, 0.15) is 17.0 Å². The maximum Gasteiger partial charge on any atom is 0.270 e. The predicted octanol–water partition coefficient (Wildman–Crippen LogP) is 6.11. The molecule has 0 spiro atoms. The molecule has 9 heteroatoms. The summed E-state index contributed by atoms with van der Waals surface area (Å²) in [6, 6.07) is 17.0. The molecule has 4 aromatic rings. The summed E-state index contributed by atoms with van der Waals surface area (Å²) < 4.78 is 5.11. The van der Waals surface area contributed by atoms with Crippen LogP contribution in [0, 0.1) is 27.5 Å². The molecule has 0 fully saturated rings. The van der Waals surface area contributed by atoms with E-state index in [-0.39, 0.29) is 5.69 Å². The van der Waals surface area contributed by atoms with Crippen LogP contribution < -0.4 is 4.80 Å². The van der Waals surface area contributed by atoms with Gasteiger partial charge in [0.05, 0.1) is 23.4 Å². The first kappa shape index (κ1) is 23.8. The SMILES string of the molecule is C=CCN=c1scc(-c2cccc([N+](=O)[O-])c2)n1N=Cc1cc(C)n(-c2ccc(I)cc2)c1C. The first-order chi connectivity index (χ1) is 16.4. The monoisotopic (exact) mass is 583 g/mol. The van der Waals surface area contributed by atoms with Crippen LogP contribution in [0.15, 0.2) is 82.7 Å². The zero-order valence-electron chi connectivity index (χ0n) is 18.7. The Bertz CT molecular complexity index is 1460. The molecule has 0 aliphatic rings. The van der Waals surface area contributed by atoms with E-state index in [4.69, 9.17) is 5.10 Å². The topological polar surface area (TPSA) is 77.7 Å². The minimum atomic E-state index is -0.397. The van der Waals surface area contributed by atoms with Gasteiger partial charge in [-0.3, -0.25) is 15.1 Å². The average molecular weight is 583 g/mol. The molecule has 7 nitrogen and oxygen atoms in total. The molecule has 172 valence electrons. The Morgan fingerprint density at radius 2 is 1.94 bits per heavy atom. The number of hydrogen-bond donors (Lipinski definition) is 0.